The maximum atomic E-state index is 10.2. The SMILES string of the molecule is COc1cc2cc(OC)c1OCCCCCCOc1ccc(cc1O)/C=C\2. The summed E-state index contributed by atoms with van der Waals surface area (Å²) in [5, 5.41) is 10.2. The maximum absolute atomic E-state index is 10.2. The molecular formula is C22H26O5. The Kier molecular flexibility index (Phi) is 6.47. The molecule has 0 aliphatic carbocycles. The summed E-state index contributed by atoms with van der Waals surface area (Å²) in [6, 6.07) is 9.24. The normalized spacial score (nSPS) is 15.9. The van der Waals surface area contributed by atoms with Crippen LogP contribution in [0.2, 0.25) is 0 Å². The van der Waals surface area contributed by atoms with Gasteiger partial charge in [0, 0.05) is 0 Å². The number of aromatic hydroxyl groups is 1. The van der Waals surface area contributed by atoms with Crippen LogP contribution in [-0.2, 0) is 0 Å². The van der Waals surface area contributed by atoms with Crippen LogP contribution in [0.4, 0.5) is 0 Å². The van der Waals surface area contributed by atoms with E-state index in [0.717, 1.165) is 36.8 Å². The molecule has 5 nitrogen and oxygen atoms in total. The van der Waals surface area contributed by atoms with Gasteiger partial charge in [0.2, 0.25) is 5.75 Å². The molecule has 5 heteroatoms. The van der Waals surface area contributed by atoms with Crippen molar-refractivity contribution in [2.45, 2.75) is 25.7 Å². The Morgan fingerprint density at radius 1 is 0.778 bits per heavy atom. The van der Waals surface area contributed by atoms with E-state index in [-0.39, 0.29) is 5.75 Å². The first kappa shape index (κ1) is 19.0. The van der Waals surface area contributed by atoms with Gasteiger partial charge >= 0.3 is 0 Å². The van der Waals surface area contributed by atoms with Crippen LogP contribution < -0.4 is 18.9 Å². The van der Waals surface area contributed by atoms with Crippen molar-refractivity contribution >= 4 is 12.2 Å². The molecule has 0 aromatic heterocycles. The van der Waals surface area contributed by atoms with Gasteiger partial charge in [-0.25, -0.2) is 0 Å². The summed E-state index contributed by atoms with van der Waals surface area (Å²) < 4.78 is 22.6. The molecule has 0 amide bonds. The van der Waals surface area contributed by atoms with Crippen molar-refractivity contribution in [2.75, 3.05) is 27.4 Å². The number of ether oxygens (including phenoxy) is 4. The van der Waals surface area contributed by atoms with Crippen molar-refractivity contribution in [3.63, 3.8) is 0 Å². The zero-order valence-corrected chi connectivity index (χ0v) is 15.9. The Labute approximate surface area is 160 Å². The highest BCUT2D eigenvalue weighted by atomic mass is 16.5. The molecule has 0 saturated heterocycles. The molecule has 27 heavy (non-hydrogen) atoms. The first-order chi connectivity index (χ1) is 13.2. The van der Waals surface area contributed by atoms with Crippen LogP contribution in [0.5, 0.6) is 28.7 Å². The summed E-state index contributed by atoms with van der Waals surface area (Å²) in [7, 11) is 3.25. The lowest BCUT2D eigenvalue weighted by Crippen LogP contribution is -2.03. The number of phenolic OH excluding ortho intramolecular Hbond substituents is 1. The second-order valence-corrected chi connectivity index (χ2v) is 6.43. The summed E-state index contributed by atoms with van der Waals surface area (Å²) in [6.07, 6.45) is 7.81. The van der Waals surface area contributed by atoms with Crippen molar-refractivity contribution in [3.05, 3.63) is 41.5 Å². The predicted octanol–water partition coefficient (Wildman–Crippen LogP) is 4.91. The van der Waals surface area contributed by atoms with Crippen molar-refractivity contribution in [1.29, 1.82) is 0 Å². The third-order valence-corrected chi connectivity index (χ3v) is 4.48. The zero-order chi connectivity index (χ0) is 19.1. The van der Waals surface area contributed by atoms with Crippen LogP contribution >= 0.6 is 0 Å². The van der Waals surface area contributed by atoms with Crippen molar-refractivity contribution < 1.29 is 24.1 Å². The van der Waals surface area contributed by atoms with E-state index < -0.39 is 0 Å². The highest BCUT2D eigenvalue weighted by molar-refractivity contribution is 5.73. The lowest BCUT2D eigenvalue weighted by molar-refractivity contribution is 0.261. The quantitative estimate of drug-likeness (QED) is 0.814. The molecule has 4 aliphatic rings. The lowest BCUT2D eigenvalue weighted by atomic mass is 10.1. The van der Waals surface area contributed by atoms with E-state index in [4.69, 9.17) is 18.9 Å². The van der Waals surface area contributed by atoms with Gasteiger partial charge in [0.15, 0.2) is 23.0 Å². The Hall–Kier alpha value is -2.82. The molecule has 2 aromatic carbocycles. The number of rotatable bonds is 2. The van der Waals surface area contributed by atoms with Crippen LogP contribution in [-0.4, -0.2) is 32.5 Å². The fourth-order valence-corrected chi connectivity index (χ4v) is 3.01. The molecule has 0 radical (unpaired) electrons. The molecule has 0 unspecified atom stereocenters. The van der Waals surface area contributed by atoms with Gasteiger partial charge in [-0.3, -0.25) is 0 Å². The van der Waals surface area contributed by atoms with Gasteiger partial charge in [0.1, 0.15) is 0 Å². The third-order valence-electron chi connectivity index (χ3n) is 4.48. The molecule has 0 saturated carbocycles. The highest BCUT2D eigenvalue weighted by Crippen LogP contribution is 2.39. The fraction of sp³-hybridized carbons (Fsp3) is 0.364. The minimum atomic E-state index is 0.150. The van der Waals surface area contributed by atoms with Gasteiger partial charge in [0.05, 0.1) is 27.4 Å². The molecule has 144 valence electrons. The standard InChI is InChI=1S/C22H26O5/c1-24-20-14-17-8-7-16-9-10-19(18(23)13-16)26-11-5-3-4-6-12-27-22(20)21(15-17)25-2/h7-10,13-15,23H,3-6,11-12H2,1-2H3/b8-7-. The topological polar surface area (TPSA) is 57.2 Å². The summed E-state index contributed by atoms with van der Waals surface area (Å²) >= 11 is 0. The monoisotopic (exact) mass is 370 g/mol. The average molecular weight is 370 g/mol. The summed E-state index contributed by atoms with van der Waals surface area (Å²) in [5.41, 5.74) is 1.79. The fourth-order valence-electron chi connectivity index (χ4n) is 3.01. The van der Waals surface area contributed by atoms with Crippen LogP contribution in [0.1, 0.15) is 36.8 Å². The van der Waals surface area contributed by atoms with E-state index in [0.29, 0.717) is 36.2 Å². The lowest BCUT2D eigenvalue weighted by Gasteiger charge is -2.15. The smallest absolute Gasteiger partial charge is 0.203 e. The van der Waals surface area contributed by atoms with Gasteiger partial charge in [-0.05, 0) is 61.1 Å². The van der Waals surface area contributed by atoms with E-state index in [1.54, 1.807) is 26.4 Å². The molecule has 0 spiro atoms. The Morgan fingerprint density at radius 2 is 1.41 bits per heavy atom. The van der Waals surface area contributed by atoms with Gasteiger partial charge in [-0.2, -0.15) is 0 Å². The Bertz CT molecular complexity index is 772. The third kappa shape index (κ3) is 4.88. The van der Waals surface area contributed by atoms with E-state index in [1.807, 2.05) is 30.4 Å². The second kappa shape index (κ2) is 9.21. The van der Waals surface area contributed by atoms with Crippen molar-refractivity contribution in [3.8, 4) is 28.7 Å². The van der Waals surface area contributed by atoms with Crippen LogP contribution in [0.3, 0.4) is 0 Å². The predicted molar refractivity (Wildman–Crippen MR) is 106 cm³/mol. The van der Waals surface area contributed by atoms with Crippen LogP contribution in [0.15, 0.2) is 30.3 Å². The molecule has 0 atom stereocenters. The number of hydrogen-bond donors (Lipinski definition) is 1. The van der Waals surface area contributed by atoms with E-state index in [2.05, 4.69) is 0 Å². The molecular weight excluding hydrogens is 344 g/mol. The van der Waals surface area contributed by atoms with Crippen LogP contribution in [0, 0.1) is 0 Å². The second-order valence-electron chi connectivity index (χ2n) is 6.43. The van der Waals surface area contributed by atoms with Gasteiger partial charge < -0.3 is 24.1 Å². The van der Waals surface area contributed by atoms with Crippen molar-refractivity contribution in [2.24, 2.45) is 0 Å². The maximum Gasteiger partial charge on any atom is 0.203 e. The number of hydrogen-bond acceptors (Lipinski definition) is 5. The van der Waals surface area contributed by atoms with E-state index in [1.165, 1.54) is 0 Å². The number of phenols is 1. The highest BCUT2D eigenvalue weighted by Gasteiger charge is 2.13. The van der Waals surface area contributed by atoms with Crippen molar-refractivity contribution in [1.82, 2.24) is 0 Å². The molecule has 4 heterocycles. The Balaban J connectivity index is 1.95. The van der Waals surface area contributed by atoms with Crippen LogP contribution in [0.25, 0.3) is 12.2 Å². The molecule has 4 aliphatic heterocycles. The van der Waals surface area contributed by atoms with Gasteiger partial charge in [0.25, 0.3) is 0 Å². The number of benzene rings is 2. The molecule has 4 bridgehead atoms. The minimum absolute atomic E-state index is 0.150. The summed E-state index contributed by atoms with van der Waals surface area (Å²) in [4.78, 5) is 0. The first-order valence-corrected chi connectivity index (χ1v) is 9.24. The van der Waals surface area contributed by atoms with E-state index >= 15 is 0 Å². The van der Waals surface area contributed by atoms with Gasteiger partial charge in [-0.1, -0.05) is 18.2 Å². The molecule has 1 N–H and O–H groups in total. The first-order valence-electron chi connectivity index (χ1n) is 9.24. The largest absolute Gasteiger partial charge is 0.504 e. The number of methoxy groups -OCH3 is 2. The minimum Gasteiger partial charge on any atom is -0.504 e. The van der Waals surface area contributed by atoms with Gasteiger partial charge in [-0.15, -0.1) is 0 Å². The summed E-state index contributed by atoms with van der Waals surface area (Å²) in [6.45, 7) is 1.19. The summed E-state index contributed by atoms with van der Waals surface area (Å²) in [5.74, 6) is 2.58. The molecule has 0 fully saturated rings. The molecule has 6 rings (SSSR count). The average Bonchev–Trinajstić information content (AvgIpc) is 2.69. The zero-order valence-electron chi connectivity index (χ0n) is 15.9. The Morgan fingerprint density at radius 3 is 2.04 bits per heavy atom. The molecule has 2 aromatic rings. The van der Waals surface area contributed by atoms with E-state index in [9.17, 15) is 5.11 Å².